The second-order valence-electron chi connectivity index (χ2n) is 5.11. The van der Waals surface area contributed by atoms with Crippen LogP contribution in [-0.4, -0.2) is 16.9 Å². The molecule has 1 aromatic rings. The van der Waals surface area contributed by atoms with Crippen LogP contribution >= 0.6 is 0 Å². The molecule has 0 aromatic carbocycles. The molecule has 0 aliphatic rings. The van der Waals surface area contributed by atoms with E-state index in [1.807, 2.05) is 13.0 Å². The van der Waals surface area contributed by atoms with Crippen molar-refractivity contribution in [2.45, 2.75) is 33.7 Å². The predicted octanol–water partition coefficient (Wildman–Crippen LogP) is 2.12. The highest BCUT2D eigenvalue weighted by Gasteiger charge is 2.22. The lowest BCUT2D eigenvalue weighted by Gasteiger charge is -2.27. The van der Waals surface area contributed by atoms with E-state index in [0.717, 1.165) is 0 Å². The van der Waals surface area contributed by atoms with Crippen LogP contribution in [0.25, 0.3) is 0 Å². The number of carbonyl (C=O) groups is 1. The van der Waals surface area contributed by atoms with E-state index >= 15 is 0 Å². The summed E-state index contributed by atoms with van der Waals surface area (Å²) in [5, 5.41) is 11.5. The van der Waals surface area contributed by atoms with E-state index in [-0.39, 0.29) is 17.4 Å². The maximum Gasteiger partial charge on any atom is 0.270 e. The van der Waals surface area contributed by atoms with E-state index in [1.165, 1.54) is 6.20 Å². The summed E-state index contributed by atoms with van der Waals surface area (Å²) < 4.78 is 0. The monoisotopic (exact) mass is 231 g/mol. The van der Waals surface area contributed by atoms with E-state index in [4.69, 9.17) is 5.26 Å². The number of nitrogens with one attached hydrogen (secondary N) is 1. The number of carbonyl (C=O) groups excluding carboxylic acids is 1. The molecule has 1 aromatic heterocycles. The third-order valence-corrected chi connectivity index (χ3v) is 2.77. The van der Waals surface area contributed by atoms with E-state index in [0.29, 0.717) is 11.3 Å². The summed E-state index contributed by atoms with van der Waals surface area (Å²) in [4.78, 5) is 15.8. The van der Waals surface area contributed by atoms with Gasteiger partial charge in [0.1, 0.15) is 11.8 Å². The molecule has 0 aliphatic heterocycles. The van der Waals surface area contributed by atoms with Crippen molar-refractivity contribution in [1.29, 1.82) is 5.26 Å². The molecule has 90 valence electrons. The van der Waals surface area contributed by atoms with Crippen molar-refractivity contribution in [3.63, 3.8) is 0 Å². The highest BCUT2D eigenvalue weighted by atomic mass is 16.1. The van der Waals surface area contributed by atoms with Gasteiger partial charge in [0.05, 0.1) is 5.56 Å². The minimum absolute atomic E-state index is 0.00224. The second-order valence-corrected chi connectivity index (χ2v) is 5.11. The van der Waals surface area contributed by atoms with Crippen molar-refractivity contribution in [2.75, 3.05) is 0 Å². The van der Waals surface area contributed by atoms with Crippen LogP contribution < -0.4 is 5.32 Å². The average Bonchev–Trinajstić information content (AvgIpc) is 2.27. The zero-order valence-corrected chi connectivity index (χ0v) is 10.6. The van der Waals surface area contributed by atoms with Crippen molar-refractivity contribution in [1.82, 2.24) is 10.3 Å². The van der Waals surface area contributed by atoms with Crippen LogP contribution in [0.4, 0.5) is 0 Å². The van der Waals surface area contributed by atoms with Gasteiger partial charge in [0, 0.05) is 12.2 Å². The van der Waals surface area contributed by atoms with Gasteiger partial charge in [-0.05, 0) is 24.5 Å². The standard InChI is InChI=1S/C13H17N3O/c1-9(13(2,3)4)16-12(17)11-6-5-10(7-14)8-15-11/h5-6,8-9H,1-4H3,(H,16,17). The molecule has 0 spiro atoms. The van der Waals surface area contributed by atoms with Crippen molar-refractivity contribution in [2.24, 2.45) is 5.41 Å². The Morgan fingerprint density at radius 2 is 2.12 bits per heavy atom. The molecule has 0 saturated carbocycles. The number of nitriles is 1. The first kappa shape index (κ1) is 13.2. The Bertz CT molecular complexity index is 437. The highest BCUT2D eigenvalue weighted by molar-refractivity contribution is 5.92. The molecule has 17 heavy (non-hydrogen) atoms. The molecule has 1 amide bonds. The van der Waals surface area contributed by atoms with Gasteiger partial charge in [-0.3, -0.25) is 4.79 Å². The molecule has 1 rings (SSSR count). The maximum atomic E-state index is 11.8. The fraction of sp³-hybridized carbons (Fsp3) is 0.462. The summed E-state index contributed by atoms with van der Waals surface area (Å²) in [5.74, 6) is -0.211. The van der Waals surface area contributed by atoms with E-state index in [2.05, 4.69) is 31.1 Å². The molecule has 1 heterocycles. The van der Waals surface area contributed by atoms with Crippen LogP contribution in [0.15, 0.2) is 18.3 Å². The first-order chi connectivity index (χ1) is 7.84. The number of hydrogen-bond donors (Lipinski definition) is 1. The molecular formula is C13H17N3O. The van der Waals surface area contributed by atoms with Crippen LogP contribution in [0, 0.1) is 16.7 Å². The molecule has 4 heteroatoms. The molecule has 4 nitrogen and oxygen atoms in total. The molecular weight excluding hydrogens is 214 g/mol. The van der Waals surface area contributed by atoms with Gasteiger partial charge in [-0.2, -0.15) is 5.26 Å². The van der Waals surface area contributed by atoms with Gasteiger partial charge in [-0.15, -0.1) is 0 Å². The number of hydrogen-bond acceptors (Lipinski definition) is 3. The SMILES string of the molecule is CC(NC(=O)c1ccc(C#N)cn1)C(C)(C)C. The van der Waals surface area contributed by atoms with Crippen LogP contribution in [-0.2, 0) is 0 Å². The normalized spacial score (nSPS) is 12.6. The zero-order valence-electron chi connectivity index (χ0n) is 10.6. The molecule has 0 radical (unpaired) electrons. The zero-order chi connectivity index (χ0) is 13.1. The summed E-state index contributed by atoms with van der Waals surface area (Å²) in [6.07, 6.45) is 1.40. The summed E-state index contributed by atoms with van der Waals surface area (Å²) in [5.41, 5.74) is 0.785. The third-order valence-electron chi connectivity index (χ3n) is 2.77. The molecule has 0 fully saturated rings. The fourth-order valence-corrected chi connectivity index (χ4v) is 1.08. The van der Waals surface area contributed by atoms with Gasteiger partial charge >= 0.3 is 0 Å². The molecule has 0 aliphatic carbocycles. The predicted molar refractivity (Wildman–Crippen MR) is 65.3 cm³/mol. The topological polar surface area (TPSA) is 65.8 Å². The Morgan fingerprint density at radius 1 is 1.47 bits per heavy atom. The first-order valence-electron chi connectivity index (χ1n) is 5.51. The largest absolute Gasteiger partial charge is 0.348 e. The Labute approximate surface area is 102 Å². The molecule has 1 unspecified atom stereocenters. The lowest BCUT2D eigenvalue weighted by Crippen LogP contribution is -2.41. The highest BCUT2D eigenvalue weighted by Crippen LogP contribution is 2.18. The van der Waals surface area contributed by atoms with E-state index < -0.39 is 0 Å². The fourth-order valence-electron chi connectivity index (χ4n) is 1.08. The van der Waals surface area contributed by atoms with E-state index in [9.17, 15) is 4.79 Å². The minimum atomic E-state index is -0.211. The van der Waals surface area contributed by atoms with Crippen LogP contribution in [0.1, 0.15) is 43.7 Å². The smallest absolute Gasteiger partial charge is 0.270 e. The van der Waals surface area contributed by atoms with Crippen molar-refractivity contribution in [3.8, 4) is 6.07 Å². The molecule has 1 atom stereocenters. The number of amides is 1. The van der Waals surface area contributed by atoms with Gasteiger partial charge in [0.15, 0.2) is 0 Å². The summed E-state index contributed by atoms with van der Waals surface area (Å²) in [6, 6.07) is 5.16. The van der Waals surface area contributed by atoms with E-state index in [1.54, 1.807) is 12.1 Å². The average molecular weight is 231 g/mol. The van der Waals surface area contributed by atoms with Crippen molar-refractivity contribution < 1.29 is 4.79 Å². The van der Waals surface area contributed by atoms with Gasteiger partial charge in [-0.1, -0.05) is 20.8 Å². The maximum absolute atomic E-state index is 11.8. The van der Waals surface area contributed by atoms with Gasteiger partial charge in [0.25, 0.3) is 5.91 Å². The van der Waals surface area contributed by atoms with Gasteiger partial charge in [0.2, 0.25) is 0 Å². The Balaban J connectivity index is 2.74. The number of nitrogens with zero attached hydrogens (tertiary/aromatic N) is 2. The van der Waals surface area contributed by atoms with Crippen LogP contribution in [0.2, 0.25) is 0 Å². The van der Waals surface area contributed by atoms with Gasteiger partial charge in [-0.25, -0.2) is 4.98 Å². The lowest BCUT2D eigenvalue weighted by molar-refractivity contribution is 0.0905. The van der Waals surface area contributed by atoms with Crippen LogP contribution in [0.5, 0.6) is 0 Å². The quantitative estimate of drug-likeness (QED) is 0.847. The Morgan fingerprint density at radius 3 is 2.53 bits per heavy atom. The number of rotatable bonds is 2. The third kappa shape index (κ3) is 3.56. The first-order valence-corrected chi connectivity index (χ1v) is 5.51. The van der Waals surface area contributed by atoms with Crippen molar-refractivity contribution in [3.05, 3.63) is 29.6 Å². The van der Waals surface area contributed by atoms with Crippen molar-refractivity contribution >= 4 is 5.91 Å². The molecule has 0 saturated heterocycles. The molecule has 1 N–H and O–H groups in total. The lowest BCUT2D eigenvalue weighted by atomic mass is 9.88. The summed E-state index contributed by atoms with van der Waals surface area (Å²) in [6.45, 7) is 8.14. The minimum Gasteiger partial charge on any atom is -0.348 e. The van der Waals surface area contributed by atoms with Crippen LogP contribution in [0.3, 0.4) is 0 Å². The number of pyridine rings is 1. The summed E-state index contributed by atoms with van der Waals surface area (Å²) >= 11 is 0. The second kappa shape index (κ2) is 4.96. The Hall–Kier alpha value is -1.89. The Kier molecular flexibility index (Phi) is 3.84. The molecule has 0 bridgehead atoms. The summed E-state index contributed by atoms with van der Waals surface area (Å²) in [7, 11) is 0. The van der Waals surface area contributed by atoms with Gasteiger partial charge < -0.3 is 5.32 Å². The number of aromatic nitrogens is 1.